The Morgan fingerprint density at radius 3 is 2.50 bits per heavy atom. The molecule has 3 nitrogen and oxygen atoms in total. The van der Waals surface area contributed by atoms with Crippen LogP contribution in [-0.4, -0.2) is 30.4 Å². The number of rotatable bonds is 4. The molecule has 1 saturated heterocycles. The molecule has 0 bridgehead atoms. The quantitative estimate of drug-likeness (QED) is 0.858. The van der Waals surface area contributed by atoms with Crippen molar-refractivity contribution in [3.8, 4) is 0 Å². The highest BCUT2D eigenvalue weighted by Crippen LogP contribution is 2.29. The Kier molecular flexibility index (Phi) is 4.14. The summed E-state index contributed by atoms with van der Waals surface area (Å²) < 4.78 is 0. The molecule has 1 fully saturated rings. The van der Waals surface area contributed by atoms with Gasteiger partial charge in [-0.3, -0.25) is 14.6 Å². The summed E-state index contributed by atoms with van der Waals surface area (Å²) in [5.41, 5.74) is 0.944. The Balaban J connectivity index is 1.84. The Hall–Kier alpha value is -1.65. The molecule has 2 aromatic rings. The molecule has 4 heteroatoms. The van der Waals surface area contributed by atoms with Crippen LogP contribution in [0.3, 0.4) is 0 Å². The second kappa shape index (κ2) is 6.20. The molecule has 1 aliphatic heterocycles. The van der Waals surface area contributed by atoms with E-state index in [-0.39, 0.29) is 5.91 Å². The molecule has 2 heterocycles. The van der Waals surface area contributed by atoms with Gasteiger partial charge in [-0.15, -0.1) is 11.3 Å². The largest absolute Gasteiger partial charge is 0.294 e. The lowest BCUT2D eigenvalue weighted by atomic mass is 10.3. The molecule has 0 spiro atoms. The third-order valence-electron chi connectivity index (χ3n) is 3.55. The van der Waals surface area contributed by atoms with Crippen molar-refractivity contribution in [1.82, 2.24) is 4.90 Å². The van der Waals surface area contributed by atoms with Crippen LogP contribution >= 0.6 is 11.3 Å². The van der Waals surface area contributed by atoms with Gasteiger partial charge in [0.05, 0.1) is 6.54 Å². The summed E-state index contributed by atoms with van der Waals surface area (Å²) in [6, 6.07) is 13.9. The summed E-state index contributed by atoms with van der Waals surface area (Å²) in [6.07, 6.45) is 2.41. The highest BCUT2D eigenvalue weighted by atomic mass is 32.1. The van der Waals surface area contributed by atoms with Crippen LogP contribution in [0.2, 0.25) is 0 Å². The van der Waals surface area contributed by atoms with Gasteiger partial charge in [0.25, 0.3) is 0 Å². The molecule has 0 unspecified atom stereocenters. The zero-order valence-electron chi connectivity index (χ0n) is 11.4. The molecule has 1 aromatic carbocycles. The summed E-state index contributed by atoms with van der Waals surface area (Å²) >= 11 is 1.60. The van der Waals surface area contributed by atoms with E-state index >= 15 is 0 Å². The molecular formula is C16H18N2OS. The van der Waals surface area contributed by atoms with Gasteiger partial charge in [0.15, 0.2) is 0 Å². The maximum atomic E-state index is 12.7. The van der Waals surface area contributed by atoms with Gasteiger partial charge in [-0.25, -0.2) is 0 Å². The number of carbonyl (C=O) groups is 1. The van der Waals surface area contributed by atoms with Crippen LogP contribution in [0, 0.1) is 0 Å². The summed E-state index contributed by atoms with van der Waals surface area (Å²) in [6.45, 7) is 2.59. The van der Waals surface area contributed by atoms with Gasteiger partial charge in [-0.05, 0) is 55.6 Å². The molecule has 0 aliphatic carbocycles. The summed E-state index contributed by atoms with van der Waals surface area (Å²) in [5.74, 6) is 0.153. The monoisotopic (exact) mass is 286 g/mol. The Morgan fingerprint density at radius 1 is 1.10 bits per heavy atom. The van der Waals surface area contributed by atoms with Crippen molar-refractivity contribution in [3.63, 3.8) is 0 Å². The first kappa shape index (κ1) is 13.3. The molecule has 1 aromatic heterocycles. The average Bonchev–Trinajstić information content (AvgIpc) is 3.14. The molecule has 1 amide bonds. The fourth-order valence-corrected chi connectivity index (χ4v) is 3.34. The number of hydrogen-bond donors (Lipinski definition) is 0. The first-order valence-electron chi connectivity index (χ1n) is 6.98. The van der Waals surface area contributed by atoms with Gasteiger partial charge in [0.2, 0.25) is 5.91 Å². The minimum atomic E-state index is 0.153. The fourth-order valence-electron chi connectivity index (χ4n) is 2.57. The van der Waals surface area contributed by atoms with Crippen molar-refractivity contribution in [1.29, 1.82) is 0 Å². The number of anilines is 2. The van der Waals surface area contributed by atoms with Crippen molar-refractivity contribution in [2.45, 2.75) is 12.8 Å². The van der Waals surface area contributed by atoms with Gasteiger partial charge < -0.3 is 0 Å². The number of carbonyl (C=O) groups excluding carboxylic acids is 1. The van der Waals surface area contributed by atoms with E-state index in [0.29, 0.717) is 6.54 Å². The second-order valence-electron chi connectivity index (χ2n) is 5.00. The molecule has 3 rings (SSSR count). The van der Waals surface area contributed by atoms with Crippen molar-refractivity contribution < 1.29 is 4.79 Å². The van der Waals surface area contributed by atoms with E-state index in [4.69, 9.17) is 0 Å². The maximum Gasteiger partial charge on any atom is 0.246 e. The van der Waals surface area contributed by atoms with Gasteiger partial charge >= 0.3 is 0 Å². The molecule has 1 aliphatic rings. The maximum absolute atomic E-state index is 12.7. The molecule has 104 valence electrons. The summed E-state index contributed by atoms with van der Waals surface area (Å²) in [7, 11) is 0. The fraction of sp³-hybridized carbons (Fsp3) is 0.312. The van der Waals surface area contributed by atoms with Gasteiger partial charge in [0.1, 0.15) is 5.00 Å². The van der Waals surface area contributed by atoms with E-state index < -0.39 is 0 Å². The summed E-state index contributed by atoms with van der Waals surface area (Å²) in [4.78, 5) is 16.8. The summed E-state index contributed by atoms with van der Waals surface area (Å²) in [5, 5.41) is 2.99. The van der Waals surface area contributed by atoms with Crippen molar-refractivity contribution >= 4 is 27.9 Å². The normalized spacial score (nSPS) is 15.4. The van der Waals surface area contributed by atoms with E-state index in [9.17, 15) is 4.79 Å². The molecular weight excluding hydrogens is 268 g/mol. The van der Waals surface area contributed by atoms with Crippen LogP contribution in [0.15, 0.2) is 47.8 Å². The highest BCUT2D eigenvalue weighted by molar-refractivity contribution is 7.14. The van der Waals surface area contributed by atoms with Crippen LogP contribution < -0.4 is 4.90 Å². The molecule has 20 heavy (non-hydrogen) atoms. The Morgan fingerprint density at radius 2 is 1.85 bits per heavy atom. The third-order valence-corrected chi connectivity index (χ3v) is 4.40. The van der Waals surface area contributed by atoms with E-state index in [1.165, 1.54) is 12.8 Å². The van der Waals surface area contributed by atoms with E-state index in [0.717, 1.165) is 23.8 Å². The van der Waals surface area contributed by atoms with E-state index in [2.05, 4.69) is 4.90 Å². The zero-order valence-corrected chi connectivity index (χ0v) is 12.2. The van der Waals surface area contributed by atoms with Crippen LogP contribution in [0.5, 0.6) is 0 Å². The van der Waals surface area contributed by atoms with Crippen molar-refractivity contribution in [2.24, 2.45) is 0 Å². The number of amides is 1. The van der Waals surface area contributed by atoms with Gasteiger partial charge in [0, 0.05) is 5.69 Å². The number of benzene rings is 1. The first-order chi connectivity index (χ1) is 9.84. The van der Waals surface area contributed by atoms with Gasteiger partial charge in [-0.1, -0.05) is 18.2 Å². The van der Waals surface area contributed by atoms with Crippen molar-refractivity contribution in [2.75, 3.05) is 24.5 Å². The lowest BCUT2D eigenvalue weighted by Gasteiger charge is -2.24. The predicted octanol–water partition coefficient (Wildman–Crippen LogP) is 3.51. The number of nitrogens with zero attached hydrogens (tertiary/aromatic N) is 2. The van der Waals surface area contributed by atoms with Crippen LogP contribution in [0.4, 0.5) is 10.7 Å². The molecule has 0 N–H and O–H groups in total. The molecule has 0 saturated carbocycles. The Labute approximate surface area is 123 Å². The zero-order chi connectivity index (χ0) is 13.8. The van der Waals surface area contributed by atoms with Gasteiger partial charge in [-0.2, -0.15) is 0 Å². The predicted molar refractivity (Wildman–Crippen MR) is 83.6 cm³/mol. The highest BCUT2D eigenvalue weighted by Gasteiger charge is 2.22. The van der Waals surface area contributed by atoms with Crippen molar-refractivity contribution in [3.05, 3.63) is 47.8 Å². The van der Waals surface area contributed by atoms with Crippen LogP contribution in [0.25, 0.3) is 0 Å². The second-order valence-corrected chi connectivity index (χ2v) is 5.93. The van der Waals surface area contributed by atoms with Crippen LogP contribution in [-0.2, 0) is 4.79 Å². The first-order valence-corrected chi connectivity index (χ1v) is 7.86. The number of likely N-dealkylation sites (tertiary alicyclic amines) is 1. The Bertz CT molecular complexity index is 547. The molecule has 0 atom stereocenters. The lowest BCUT2D eigenvalue weighted by molar-refractivity contribution is -0.118. The third kappa shape index (κ3) is 2.92. The number of thiophene rings is 1. The SMILES string of the molecule is O=C(CN1CCCC1)N(c1ccccc1)c1cccs1. The average molecular weight is 286 g/mol. The van der Waals surface area contributed by atoms with Crippen LogP contribution in [0.1, 0.15) is 12.8 Å². The minimum absolute atomic E-state index is 0.153. The minimum Gasteiger partial charge on any atom is -0.294 e. The number of hydrogen-bond acceptors (Lipinski definition) is 3. The smallest absolute Gasteiger partial charge is 0.246 e. The molecule has 0 radical (unpaired) electrons. The standard InChI is InChI=1S/C16H18N2OS/c19-15(13-17-10-4-5-11-17)18(16-9-6-12-20-16)14-7-2-1-3-8-14/h1-3,6-9,12H,4-5,10-11,13H2. The topological polar surface area (TPSA) is 23.6 Å². The number of para-hydroxylation sites is 1. The lowest BCUT2D eigenvalue weighted by Crippen LogP contribution is -2.36. The van der Waals surface area contributed by atoms with E-state index in [1.807, 2.05) is 52.7 Å². The van der Waals surface area contributed by atoms with E-state index in [1.54, 1.807) is 11.3 Å².